The minimum absolute atomic E-state index is 0.0326. The van der Waals surface area contributed by atoms with Gasteiger partial charge in [0.05, 0.1) is 13.0 Å². The van der Waals surface area contributed by atoms with Crippen LogP contribution in [0.5, 0.6) is 5.75 Å². The number of hydrogen-bond acceptors (Lipinski definition) is 4. The van der Waals surface area contributed by atoms with Crippen molar-refractivity contribution in [2.75, 3.05) is 13.7 Å². The van der Waals surface area contributed by atoms with Gasteiger partial charge in [0.2, 0.25) is 11.8 Å². The largest absolute Gasteiger partial charge is 0.497 e. The van der Waals surface area contributed by atoms with Crippen LogP contribution in [0.25, 0.3) is 0 Å². The van der Waals surface area contributed by atoms with Gasteiger partial charge in [-0.2, -0.15) is 0 Å². The van der Waals surface area contributed by atoms with Gasteiger partial charge in [0.15, 0.2) is 0 Å². The van der Waals surface area contributed by atoms with Crippen molar-refractivity contribution in [3.63, 3.8) is 0 Å². The molecule has 6 heteroatoms. The molecule has 2 aromatic rings. The SMILES string of the molecule is COc1ccc(CN2CC3CC4(C(=O)NCc5ccccc5)NC(=O)C3C2C4CC(C)C)cc1. The Balaban J connectivity index is 1.42. The molecule has 34 heavy (non-hydrogen) atoms. The molecule has 180 valence electrons. The number of rotatable bonds is 8. The zero-order valence-corrected chi connectivity index (χ0v) is 20.3. The second-order valence-corrected chi connectivity index (χ2v) is 10.6. The molecule has 3 saturated heterocycles. The predicted molar refractivity (Wildman–Crippen MR) is 131 cm³/mol. The molecule has 4 bridgehead atoms. The Kier molecular flexibility index (Phi) is 6.11. The number of benzene rings is 2. The first-order valence-corrected chi connectivity index (χ1v) is 12.4. The summed E-state index contributed by atoms with van der Waals surface area (Å²) in [5.74, 6) is 1.55. The molecule has 6 rings (SSSR count). The topological polar surface area (TPSA) is 70.7 Å². The minimum Gasteiger partial charge on any atom is -0.497 e. The van der Waals surface area contributed by atoms with E-state index in [-0.39, 0.29) is 35.6 Å². The summed E-state index contributed by atoms with van der Waals surface area (Å²) in [5.41, 5.74) is 1.43. The quantitative estimate of drug-likeness (QED) is 0.633. The molecule has 3 aliphatic heterocycles. The van der Waals surface area contributed by atoms with Crippen LogP contribution in [0.3, 0.4) is 0 Å². The second kappa shape index (κ2) is 9.06. The van der Waals surface area contributed by atoms with Crippen LogP contribution in [-0.4, -0.2) is 41.9 Å². The summed E-state index contributed by atoms with van der Waals surface area (Å²) >= 11 is 0. The molecule has 5 unspecified atom stereocenters. The van der Waals surface area contributed by atoms with Crippen LogP contribution in [0.4, 0.5) is 0 Å². The van der Waals surface area contributed by atoms with Crippen LogP contribution in [0, 0.1) is 23.7 Å². The van der Waals surface area contributed by atoms with Crippen molar-refractivity contribution in [3.05, 3.63) is 65.7 Å². The fourth-order valence-electron chi connectivity index (χ4n) is 6.65. The van der Waals surface area contributed by atoms with Crippen LogP contribution < -0.4 is 15.4 Å². The van der Waals surface area contributed by atoms with Gasteiger partial charge in [-0.25, -0.2) is 0 Å². The van der Waals surface area contributed by atoms with Crippen LogP contribution in [-0.2, 0) is 22.7 Å². The van der Waals surface area contributed by atoms with E-state index in [1.807, 2.05) is 42.5 Å². The van der Waals surface area contributed by atoms with Crippen LogP contribution in [0.1, 0.15) is 37.8 Å². The Hall–Kier alpha value is -2.86. The summed E-state index contributed by atoms with van der Waals surface area (Å²) in [6.07, 6.45) is 1.63. The Morgan fingerprint density at radius 1 is 1.15 bits per heavy atom. The van der Waals surface area contributed by atoms with Gasteiger partial charge in [0, 0.05) is 31.6 Å². The number of nitrogens with zero attached hydrogens (tertiary/aromatic N) is 1. The number of carbonyl (C=O) groups excluding carboxylic acids is 2. The van der Waals surface area contributed by atoms with E-state index < -0.39 is 5.54 Å². The lowest BCUT2D eigenvalue weighted by Crippen LogP contribution is -2.75. The number of fused-ring (bicyclic) bond motifs is 1. The van der Waals surface area contributed by atoms with Crippen LogP contribution in [0.2, 0.25) is 0 Å². The number of nitrogens with one attached hydrogen (secondary N) is 2. The molecule has 6 nitrogen and oxygen atoms in total. The van der Waals surface area contributed by atoms with Crippen molar-refractivity contribution >= 4 is 11.8 Å². The van der Waals surface area contributed by atoms with E-state index >= 15 is 0 Å². The maximum atomic E-state index is 13.8. The molecule has 1 aliphatic carbocycles. The lowest BCUT2D eigenvalue weighted by atomic mass is 9.57. The number of piperidine rings is 2. The van der Waals surface area contributed by atoms with Crippen molar-refractivity contribution in [1.29, 1.82) is 0 Å². The highest BCUT2D eigenvalue weighted by atomic mass is 16.5. The molecule has 5 atom stereocenters. The smallest absolute Gasteiger partial charge is 0.246 e. The molecule has 0 aromatic heterocycles. The average Bonchev–Trinajstić information content (AvgIpc) is 3.14. The first-order chi connectivity index (χ1) is 16.4. The van der Waals surface area contributed by atoms with Gasteiger partial charge in [-0.1, -0.05) is 56.3 Å². The number of likely N-dealkylation sites (tertiary alicyclic amines) is 1. The Labute approximate surface area is 202 Å². The number of carbonyl (C=O) groups is 2. The number of methoxy groups -OCH3 is 1. The van der Waals surface area contributed by atoms with Crippen molar-refractivity contribution < 1.29 is 14.3 Å². The van der Waals surface area contributed by atoms with Gasteiger partial charge in [0.1, 0.15) is 11.3 Å². The van der Waals surface area contributed by atoms with Crippen molar-refractivity contribution in [2.24, 2.45) is 23.7 Å². The molecule has 4 fully saturated rings. The van der Waals surface area contributed by atoms with Crippen molar-refractivity contribution in [1.82, 2.24) is 15.5 Å². The van der Waals surface area contributed by atoms with E-state index in [0.717, 1.165) is 37.2 Å². The molecule has 1 saturated carbocycles. The number of ether oxygens (including phenoxy) is 1. The van der Waals surface area contributed by atoms with Gasteiger partial charge in [0.25, 0.3) is 0 Å². The van der Waals surface area contributed by atoms with E-state index in [2.05, 4.69) is 41.5 Å². The molecular formula is C28H35N3O3. The van der Waals surface area contributed by atoms with E-state index in [1.54, 1.807) is 7.11 Å². The summed E-state index contributed by atoms with van der Waals surface area (Å²) in [6.45, 7) is 6.53. The Bertz CT molecular complexity index is 1040. The molecule has 3 heterocycles. The molecule has 2 N–H and O–H groups in total. The summed E-state index contributed by atoms with van der Waals surface area (Å²) < 4.78 is 5.31. The molecular weight excluding hydrogens is 426 g/mol. The first kappa shape index (κ1) is 22.9. The zero-order valence-electron chi connectivity index (χ0n) is 20.3. The first-order valence-electron chi connectivity index (χ1n) is 12.4. The van der Waals surface area contributed by atoms with E-state index in [9.17, 15) is 9.59 Å². The van der Waals surface area contributed by atoms with Crippen molar-refractivity contribution in [2.45, 2.75) is 51.4 Å². The fourth-order valence-corrected chi connectivity index (χ4v) is 6.65. The van der Waals surface area contributed by atoms with Gasteiger partial charge in [-0.15, -0.1) is 0 Å². The van der Waals surface area contributed by atoms with Gasteiger partial charge < -0.3 is 15.4 Å². The third-order valence-electron chi connectivity index (χ3n) is 8.02. The normalized spacial score (nSPS) is 29.8. The summed E-state index contributed by atoms with van der Waals surface area (Å²) in [7, 11) is 1.67. The maximum absolute atomic E-state index is 13.8. The third kappa shape index (κ3) is 3.98. The monoisotopic (exact) mass is 461 g/mol. The maximum Gasteiger partial charge on any atom is 0.246 e. The minimum atomic E-state index is -0.838. The van der Waals surface area contributed by atoms with Crippen molar-refractivity contribution in [3.8, 4) is 5.75 Å². The Morgan fingerprint density at radius 2 is 1.88 bits per heavy atom. The van der Waals surface area contributed by atoms with E-state index in [4.69, 9.17) is 4.74 Å². The number of hydrogen-bond donors (Lipinski definition) is 2. The van der Waals surface area contributed by atoms with Crippen LogP contribution in [0.15, 0.2) is 54.6 Å². The average molecular weight is 462 g/mol. The highest BCUT2D eigenvalue weighted by molar-refractivity contribution is 5.96. The molecule has 2 amide bonds. The molecule has 0 radical (unpaired) electrons. The second-order valence-electron chi connectivity index (χ2n) is 10.6. The number of amides is 2. The zero-order chi connectivity index (χ0) is 23.9. The third-order valence-corrected chi connectivity index (χ3v) is 8.02. The van der Waals surface area contributed by atoms with Gasteiger partial charge in [-0.05, 0) is 47.9 Å². The molecule has 2 aromatic carbocycles. The van der Waals surface area contributed by atoms with E-state index in [1.165, 1.54) is 5.56 Å². The molecule has 4 aliphatic rings. The lowest BCUT2D eigenvalue weighted by Gasteiger charge is -2.55. The van der Waals surface area contributed by atoms with Gasteiger partial charge in [-0.3, -0.25) is 14.5 Å². The summed E-state index contributed by atoms with van der Waals surface area (Å²) in [6, 6.07) is 18.2. The molecule has 0 spiro atoms. The van der Waals surface area contributed by atoms with E-state index in [0.29, 0.717) is 12.5 Å². The summed E-state index contributed by atoms with van der Waals surface area (Å²) in [5, 5.41) is 6.40. The fraction of sp³-hybridized carbons (Fsp3) is 0.500. The van der Waals surface area contributed by atoms with Gasteiger partial charge >= 0.3 is 0 Å². The highest BCUT2D eigenvalue weighted by Gasteiger charge is 2.67. The Morgan fingerprint density at radius 3 is 2.56 bits per heavy atom. The predicted octanol–water partition coefficient (Wildman–Crippen LogP) is 3.36. The van der Waals surface area contributed by atoms with Crippen LogP contribution >= 0.6 is 0 Å². The summed E-state index contributed by atoms with van der Waals surface area (Å²) in [4.78, 5) is 29.5. The lowest BCUT2D eigenvalue weighted by molar-refractivity contribution is -0.155. The standard InChI is InChI=1S/C28H35N3O3/c1-18(2)13-23-25-24-21(17-31(25)16-20-9-11-22(34-3)12-10-20)14-28(23,30-26(24)32)27(33)29-15-19-7-5-4-6-8-19/h4-12,18,21,23-25H,13-17H2,1-3H3,(H,29,33)(H,30,32). The highest BCUT2D eigenvalue weighted by Crippen LogP contribution is 2.54.